The largest absolute Gasteiger partial charge is 0.442 e. The predicted molar refractivity (Wildman–Crippen MR) is 73.9 cm³/mol. The van der Waals surface area contributed by atoms with Gasteiger partial charge in [-0.1, -0.05) is 16.4 Å². The van der Waals surface area contributed by atoms with Crippen molar-refractivity contribution in [2.24, 2.45) is 0 Å². The summed E-state index contributed by atoms with van der Waals surface area (Å²) < 4.78 is 10.7. The number of carbonyl (C=O) groups excluding carboxylic acids is 1. The minimum atomic E-state index is -0.692. The van der Waals surface area contributed by atoms with Gasteiger partial charge in [-0.15, -0.1) is 11.3 Å². The van der Waals surface area contributed by atoms with Crippen molar-refractivity contribution in [3.8, 4) is 10.7 Å². The van der Waals surface area contributed by atoms with Gasteiger partial charge in [-0.2, -0.15) is 0 Å². The summed E-state index contributed by atoms with van der Waals surface area (Å²) >= 11 is 1.40. The van der Waals surface area contributed by atoms with Crippen molar-refractivity contribution in [2.75, 3.05) is 5.32 Å². The minimum Gasteiger partial charge on any atom is -0.338 e. The van der Waals surface area contributed by atoms with Gasteiger partial charge in [0.25, 0.3) is 0 Å². The molecule has 0 bridgehead atoms. The first-order valence-electron chi connectivity index (χ1n) is 5.97. The molecular weight excluding hydrogens is 296 g/mol. The zero-order valence-corrected chi connectivity index (χ0v) is 11.7. The Kier molecular flexibility index (Phi) is 3.40. The third-order valence-electron chi connectivity index (χ3n) is 2.62. The van der Waals surface area contributed by atoms with Crippen LogP contribution in [-0.2, 0) is 11.3 Å². The van der Waals surface area contributed by atoms with E-state index < -0.39 is 11.7 Å². The van der Waals surface area contributed by atoms with Crippen LogP contribution in [0.4, 0.5) is 5.88 Å². The van der Waals surface area contributed by atoms with Crippen LogP contribution in [0.25, 0.3) is 10.7 Å². The van der Waals surface area contributed by atoms with Gasteiger partial charge in [-0.25, -0.2) is 9.36 Å². The molecule has 108 valence electrons. The van der Waals surface area contributed by atoms with Crippen molar-refractivity contribution in [1.29, 1.82) is 0 Å². The van der Waals surface area contributed by atoms with Crippen LogP contribution in [0.5, 0.6) is 0 Å². The van der Waals surface area contributed by atoms with Crippen molar-refractivity contribution in [2.45, 2.75) is 13.5 Å². The zero-order valence-electron chi connectivity index (χ0n) is 10.9. The summed E-state index contributed by atoms with van der Waals surface area (Å²) in [6.07, 6.45) is 0. The fraction of sp³-hybridized carbons (Fsp3) is 0.167. The van der Waals surface area contributed by atoms with Gasteiger partial charge >= 0.3 is 5.76 Å². The summed E-state index contributed by atoms with van der Waals surface area (Å²) in [6.45, 7) is 1.51. The van der Waals surface area contributed by atoms with Gasteiger partial charge in [0.1, 0.15) is 6.54 Å². The second kappa shape index (κ2) is 5.37. The highest BCUT2D eigenvalue weighted by atomic mass is 32.1. The van der Waals surface area contributed by atoms with E-state index >= 15 is 0 Å². The quantitative estimate of drug-likeness (QED) is 0.783. The van der Waals surface area contributed by atoms with Crippen LogP contribution < -0.4 is 11.1 Å². The highest BCUT2D eigenvalue weighted by molar-refractivity contribution is 7.13. The maximum Gasteiger partial charge on any atom is 0.442 e. The number of anilines is 1. The van der Waals surface area contributed by atoms with Crippen LogP contribution in [0.15, 0.2) is 37.4 Å². The van der Waals surface area contributed by atoms with Crippen molar-refractivity contribution in [1.82, 2.24) is 14.9 Å². The minimum absolute atomic E-state index is 0.222. The van der Waals surface area contributed by atoms with Gasteiger partial charge in [0, 0.05) is 6.07 Å². The van der Waals surface area contributed by atoms with Crippen LogP contribution in [0.1, 0.15) is 5.69 Å². The SMILES string of the molecule is Cc1cc(NC(=O)Cn2c(-c3cccs3)noc2=O)on1. The fourth-order valence-electron chi connectivity index (χ4n) is 1.73. The molecule has 0 spiro atoms. The van der Waals surface area contributed by atoms with Crippen molar-refractivity contribution >= 4 is 23.1 Å². The molecule has 0 aliphatic rings. The number of hydrogen-bond acceptors (Lipinski definition) is 7. The maximum absolute atomic E-state index is 11.9. The van der Waals surface area contributed by atoms with E-state index in [1.54, 1.807) is 19.1 Å². The lowest BCUT2D eigenvalue weighted by molar-refractivity contribution is -0.116. The molecule has 0 radical (unpaired) electrons. The normalized spacial score (nSPS) is 10.7. The lowest BCUT2D eigenvalue weighted by atomic mass is 10.4. The number of thiophene rings is 1. The third kappa shape index (κ3) is 2.77. The molecule has 0 saturated carbocycles. The molecular formula is C12H10N4O4S. The van der Waals surface area contributed by atoms with E-state index in [0.29, 0.717) is 11.5 Å². The zero-order chi connectivity index (χ0) is 14.8. The van der Waals surface area contributed by atoms with E-state index in [0.717, 1.165) is 9.44 Å². The second-order valence-electron chi connectivity index (χ2n) is 4.22. The molecule has 3 aromatic heterocycles. The van der Waals surface area contributed by atoms with E-state index in [9.17, 15) is 9.59 Å². The Morgan fingerprint density at radius 3 is 2.95 bits per heavy atom. The average molecular weight is 306 g/mol. The third-order valence-corrected chi connectivity index (χ3v) is 3.49. The number of nitrogens with zero attached hydrogens (tertiary/aromatic N) is 3. The van der Waals surface area contributed by atoms with Crippen molar-refractivity contribution in [3.63, 3.8) is 0 Å². The van der Waals surface area contributed by atoms with Gasteiger partial charge < -0.3 is 4.52 Å². The average Bonchev–Trinajstić information content (AvgIpc) is 3.14. The molecule has 1 amide bonds. The van der Waals surface area contributed by atoms with E-state index in [2.05, 4.69) is 20.2 Å². The predicted octanol–water partition coefficient (Wildman–Crippen LogP) is 1.50. The fourth-order valence-corrected chi connectivity index (χ4v) is 2.45. The number of aryl methyl sites for hydroxylation is 1. The molecule has 0 fully saturated rings. The number of carbonyl (C=O) groups is 1. The van der Waals surface area contributed by atoms with E-state index in [1.165, 1.54) is 11.3 Å². The van der Waals surface area contributed by atoms with Crippen molar-refractivity contribution < 1.29 is 13.8 Å². The molecule has 0 aliphatic heterocycles. The van der Waals surface area contributed by atoms with Gasteiger partial charge in [0.05, 0.1) is 10.6 Å². The summed E-state index contributed by atoms with van der Waals surface area (Å²) in [7, 11) is 0. The van der Waals surface area contributed by atoms with Gasteiger partial charge in [0.15, 0.2) is 5.82 Å². The van der Waals surface area contributed by atoms with E-state index in [-0.39, 0.29) is 12.4 Å². The molecule has 8 nitrogen and oxygen atoms in total. The summed E-state index contributed by atoms with van der Waals surface area (Å²) in [4.78, 5) is 24.3. The van der Waals surface area contributed by atoms with Crippen LogP contribution >= 0.6 is 11.3 Å². The van der Waals surface area contributed by atoms with E-state index in [1.807, 2.05) is 11.4 Å². The summed E-state index contributed by atoms with van der Waals surface area (Å²) in [5.41, 5.74) is 0.645. The molecule has 0 atom stereocenters. The highest BCUT2D eigenvalue weighted by Gasteiger charge is 2.17. The summed E-state index contributed by atoms with van der Waals surface area (Å²) in [5.74, 6) is -0.588. The topological polar surface area (TPSA) is 103 Å². The molecule has 21 heavy (non-hydrogen) atoms. The Morgan fingerprint density at radius 2 is 2.29 bits per heavy atom. The van der Waals surface area contributed by atoms with Crippen molar-refractivity contribution in [3.05, 3.63) is 39.8 Å². The molecule has 0 aromatic carbocycles. The number of rotatable bonds is 4. The Hall–Kier alpha value is -2.68. The molecule has 0 aliphatic carbocycles. The van der Waals surface area contributed by atoms with Gasteiger partial charge in [-0.05, 0) is 18.4 Å². The second-order valence-corrected chi connectivity index (χ2v) is 5.16. The number of aromatic nitrogens is 3. The smallest absolute Gasteiger partial charge is 0.338 e. The number of amides is 1. The molecule has 3 heterocycles. The maximum atomic E-state index is 11.9. The first kappa shape index (κ1) is 13.3. The molecule has 0 saturated heterocycles. The van der Waals surface area contributed by atoms with Gasteiger partial charge in [0.2, 0.25) is 11.8 Å². The van der Waals surface area contributed by atoms with Crippen LogP contribution in [-0.4, -0.2) is 20.8 Å². The van der Waals surface area contributed by atoms with E-state index in [4.69, 9.17) is 4.52 Å². The monoisotopic (exact) mass is 306 g/mol. The summed E-state index contributed by atoms with van der Waals surface area (Å²) in [6, 6.07) is 5.19. The Balaban J connectivity index is 1.80. The molecule has 3 rings (SSSR count). The Labute approximate surface area is 122 Å². The molecule has 0 unspecified atom stereocenters. The Bertz CT molecular complexity index is 815. The molecule has 9 heteroatoms. The van der Waals surface area contributed by atoms with Crippen LogP contribution in [0, 0.1) is 6.92 Å². The van der Waals surface area contributed by atoms with Crippen LogP contribution in [0.2, 0.25) is 0 Å². The van der Waals surface area contributed by atoms with Crippen LogP contribution in [0.3, 0.4) is 0 Å². The Morgan fingerprint density at radius 1 is 1.43 bits per heavy atom. The first-order chi connectivity index (χ1) is 10.1. The lowest BCUT2D eigenvalue weighted by Gasteiger charge is -2.02. The standard InChI is InChI=1S/C12H10N4O4S/c1-7-5-10(19-14-7)13-9(17)6-16-11(15-20-12(16)18)8-3-2-4-21-8/h2-5H,6H2,1H3,(H,13,17). The first-order valence-corrected chi connectivity index (χ1v) is 6.85. The molecule has 1 N–H and O–H groups in total. The van der Waals surface area contributed by atoms with Gasteiger partial charge in [-0.3, -0.25) is 14.6 Å². The molecule has 3 aromatic rings. The highest BCUT2D eigenvalue weighted by Crippen LogP contribution is 2.21. The summed E-state index contributed by atoms with van der Waals surface area (Å²) in [5, 5.41) is 11.7. The number of nitrogens with one attached hydrogen (secondary N) is 1. The number of hydrogen-bond donors (Lipinski definition) is 1. The lowest BCUT2D eigenvalue weighted by Crippen LogP contribution is -2.25.